The summed E-state index contributed by atoms with van der Waals surface area (Å²) in [4.78, 5) is 12.3. The fourth-order valence-corrected chi connectivity index (χ4v) is 3.63. The monoisotopic (exact) mass is 401 g/mol. The Morgan fingerprint density at radius 1 is 1.21 bits per heavy atom. The van der Waals surface area contributed by atoms with Crippen LogP contribution in [-0.2, 0) is 16.9 Å². The van der Waals surface area contributed by atoms with Gasteiger partial charge in [0.15, 0.2) is 15.6 Å². The van der Waals surface area contributed by atoms with E-state index < -0.39 is 9.84 Å². The topological polar surface area (TPSA) is 74.6 Å². The van der Waals surface area contributed by atoms with Crippen molar-refractivity contribution in [1.82, 2.24) is 4.57 Å². The summed E-state index contributed by atoms with van der Waals surface area (Å²) < 4.78 is 37.1. The number of ether oxygens (including phenoxy) is 2. The standard InChI is InChI=1S/C21H23NO5S/c1-4-28(24,25)17-9-10-19(27-11-5-6-15-7-8-15)18(13-17)16-12-20(26-3)21(23)22(2)14-16/h9-10,12-15H,4,7-8,11H2,1-3H3. The number of rotatable bonds is 6. The number of sulfone groups is 1. The fourth-order valence-electron chi connectivity index (χ4n) is 2.72. The molecule has 1 aliphatic carbocycles. The molecule has 148 valence electrons. The zero-order valence-electron chi connectivity index (χ0n) is 16.2. The number of pyridine rings is 1. The zero-order valence-corrected chi connectivity index (χ0v) is 17.0. The van der Waals surface area contributed by atoms with E-state index in [1.54, 1.807) is 38.4 Å². The fraction of sp³-hybridized carbons (Fsp3) is 0.381. The summed E-state index contributed by atoms with van der Waals surface area (Å²) in [7, 11) is -0.357. The SMILES string of the molecule is CCS(=O)(=O)c1ccc(OCC#CC2CC2)c(-c2cc(OC)c(=O)n(C)c2)c1. The number of aromatic nitrogens is 1. The molecule has 0 atom stereocenters. The van der Waals surface area contributed by atoms with Crippen LogP contribution in [0.5, 0.6) is 11.5 Å². The van der Waals surface area contributed by atoms with Crippen molar-refractivity contribution >= 4 is 9.84 Å². The predicted molar refractivity (Wildman–Crippen MR) is 107 cm³/mol. The molecule has 2 aromatic rings. The van der Waals surface area contributed by atoms with Crippen LogP contribution in [0.25, 0.3) is 11.1 Å². The lowest BCUT2D eigenvalue weighted by Crippen LogP contribution is -2.18. The average Bonchev–Trinajstić information content (AvgIpc) is 3.51. The van der Waals surface area contributed by atoms with Gasteiger partial charge in [0.1, 0.15) is 12.4 Å². The summed E-state index contributed by atoms with van der Waals surface area (Å²) in [5.41, 5.74) is 0.912. The van der Waals surface area contributed by atoms with E-state index in [0.29, 0.717) is 22.8 Å². The summed E-state index contributed by atoms with van der Waals surface area (Å²) in [5.74, 6) is 7.28. The first kappa shape index (κ1) is 20.0. The first-order chi connectivity index (χ1) is 13.4. The lowest BCUT2D eigenvalue weighted by Gasteiger charge is -2.14. The second-order valence-corrected chi connectivity index (χ2v) is 8.94. The molecule has 0 amide bonds. The average molecular weight is 401 g/mol. The minimum absolute atomic E-state index is 0.00386. The molecule has 0 unspecified atom stereocenters. The smallest absolute Gasteiger partial charge is 0.292 e. The number of nitrogens with zero attached hydrogens (tertiary/aromatic N) is 1. The molecule has 0 N–H and O–H groups in total. The van der Waals surface area contributed by atoms with Crippen LogP contribution in [-0.4, -0.2) is 32.5 Å². The van der Waals surface area contributed by atoms with Gasteiger partial charge in [-0.25, -0.2) is 8.42 Å². The van der Waals surface area contributed by atoms with Gasteiger partial charge in [-0.3, -0.25) is 4.79 Å². The Hall–Kier alpha value is -2.72. The summed E-state index contributed by atoms with van der Waals surface area (Å²) in [6.07, 6.45) is 3.91. The normalized spacial score (nSPS) is 13.5. The van der Waals surface area contributed by atoms with E-state index in [2.05, 4.69) is 11.8 Å². The molecule has 0 bridgehead atoms. The van der Waals surface area contributed by atoms with Crippen molar-refractivity contribution in [3.63, 3.8) is 0 Å². The van der Waals surface area contributed by atoms with Crippen molar-refractivity contribution in [2.24, 2.45) is 13.0 Å². The highest BCUT2D eigenvalue weighted by Gasteiger charge is 2.19. The molecule has 0 radical (unpaired) electrons. The Morgan fingerprint density at radius 2 is 1.96 bits per heavy atom. The molecule has 6 nitrogen and oxygen atoms in total. The first-order valence-electron chi connectivity index (χ1n) is 9.08. The van der Waals surface area contributed by atoms with Crippen molar-refractivity contribution in [1.29, 1.82) is 0 Å². The van der Waals surface area contributed by atoms with Crippen molar-refractivity contribution in [2.45, 2.75) is 24.7 Å². The number of methoxy groups -OCH3 is 1. The van der Waals surface area contributed by atoms with Gasteiger partial charge in [0, 0.05) is 30.3 Å². The lowest BCUT2D eigenvalue weighted by atomic mass is 10.1. The summed E-state index contributed by atoms with van der Waals surface area (Å²) in [6, 6.07) is 6.32. The molecule has 1 aliphatic rings. The van der Waals surface area contributed by atoms with Gasteiger partial charge in [0.2, 0.25) is 0 Å². The van der Waals surface area contributed by atoms with Gasteiger partial charge in [-0.05, 0) is 37.1 Å². The van der Waals surface area contributed by atoms with E-state index in [1.165, 1.54) is 17.7 Å². The van der Waals surface area contributed by atoms with E-state index in [4.69, 9.17) is 9.47 Å². The van der Waals surface area contributed by atoms with Crippen LogP contribution in [0.2, 0.25) is 0 Å². The minimum Gasteiger partial charge on any atom is -0.491 e. The van der Waals surface area contributed by atoms with Gasteiger partial charge in [0.05, 0.1) is 17.8 Å². The number of benzene rings is 1. The molecule has 28 heavy (non-hydrogen) atoms. The van der Waals surface area contributed by atoms with Crippen molar-refractivity contribution < 1.29 is 17.9 Å². The number of aryl methyl sites for hydroxylation is 1. The maximum atomic E-state index is 12.3. The highest BCUT2D eigenvalue weighted by Crippen LogP contribution is 2.33. The third kappa shape index (κ3) is 4.39. The van der Waals surface area contributed by atoms with Crippen LogP contribution in [0.15, 0.2) is 40.2 Å². The Morgan fingerprint density at radius 3 is 2.61 bits per heavy atom. The van der Waals surface area contributed by atoms with Crippen LogP contribution in [0.3, 0.4) is 0 Å². The van der Waals surface area contributed by atoms with Crippen molar-refractivity contribution in [3.8, 4) is 34.5 Å². The Balaban J connectivity index is 2.06. The predicted octanol–water partition coefficient (Wildman–Crippen LogP) is 2.65. The molecule has 1 saturated carbocycles. The zero-order chi connectivity index (χ0) is 20.3. The summed E-state index contributed by atoms with van der Waals surface area (Å²) >= 11 is 0. The maximum Gasteiger partial charge on any atom is 0.292 e. The summed E-state index contributed by atoms with van der Waals surface area (Å²) in [6.45, 7) is 1.81. The molecule has 7 heteroatoms. The van der Waals surface area contributed by atoms with Gasteiger partial charge in [0.25, 0.3) is 5.56 Å². The van der Waals surface area contributed by atoms with Crippen LogP contribution in [0, 0.1) is 17.8 Å². The molecule has 0 aliphatic heterocycles. The molecule has 1 aromatic heterocycles. The van der Waals surface area contributed by atoms with Gasteiger partial charge >= 0.3 is 0 Å². The third-order valence-electron chi connectivity index (χ3n) is 4.55. The van der Waals surface area contributed by atoms with E-state index in [-0.39, 0.29) is 28.6 Å². The van der Waals surface area contributed by atoms with Crippen LogP contribution < -0.4 is 15.0 Å². The molecule has 1 fully saturated rings. The van der Waals surface area contributed by atoms with Crippen molar-refractivity contribution in [2.75, 3.05) is 19.5 Å². The molecule has 3 rings (SSSR count). The highest BCUT2D eigenvalue weighted by molar-refractivity contribution is 7.91. The van der Waals surface area contributed by atoms with E-state index in [1.807, 2.05) is 0 Å². The lowest BCUT2D eigenvalue weighted by molar-refractivity contribution is 0.371. The quantitative estimate of drug-likeness (QED) is 0.696. The van der Waals surface area contributed by atoms with Gasteiger partial charge in [-0.15, -0.1) is 0 Å². The number of hydrogen-bond donors (Lipinski definition) is 0. The molecule has 0 spiro atoms. The maximum absolute atomic E-state index is 12.3. The van der Waals surface area contributed by atoms with Crippen LogP contribution in [0.1, 0.15) is 19.8 Å². The Kier molecular flexibility index (Phi) is 5.80. The third-order valence-corrected chi connectivity index (χ3v) is 6.29. The summed E-state index contributed by atoms with van der Waals surface area (Å²) in [5, 5.41) is 0. The van der Waals surface area contributed by atoms with Crippen LogP contribution >= 0.6 is 0 Å². The van der Waals surface area contributed by atoms with E-state index in [0.717, 1.165) is 12.8 Å². The van der Waals surface area contributed by atoms with Crippen LogP contribution in [0.4, 0.5) is 0 Å². The number of hydrogen-bond acceptors (Lipinski definition) is 5. The Bertz CT molecular complexity index is 1100. The minimum atomic E-state index is -3.39. The first-order valence-corrected chi connectivity index (χ1v) is 10.7. The van der Waals surface area contributed by atoms with E-state index in [9.17, 15) is 13.2 Å². The van der Waals surface area contributed by atoms with Gasteiger partial charge in [-0.1, -0.05) is 18.8 Å². The molecule has 1 aromatic carbocycles. The molecule has 1 heterocycles. The molecular weight excluding hydrogens is 378 g/mol. The van der Waals surface area contributed by atoms with E-state index >= 15 is 0 Å². The van der Waals surface area contributed by atoms with Gasteiger partial charge in [-0.2, -0.15) is 0 Å². The highest BCUT2D eigenvalue weighted by atomic mass is 32.2. The Labute approximate surface area is 165 Å². The molecular formula is C21H23NO5S. The van der Waals surface area contributed by atoms with Gasteiger partial charge < -0.3 is 14.0 Å². The largest absolute Gasteiger partial charge is 0.491 e. The van der Waals surface area contributed by atoms with Crippen molar-refractivity contribution in [3.05, 3.63) is 40.8 Å². The second-order valence-electron chi connectivity index (χ2n) is 6.66. The molecule has 0 saturated heterocycles. The second kappa shape index (κ2) is 8.11.